The molecule has 0 radical (unpaired) electrons. The van der Waals surface area contributed by atoms with Gasteiger partial charge in [0.15, 0.2) is 0 Å². The normalized spacial score (nSPS) is 11.7. The van der Waals surface area contributed by atoms with Crippen LogP contribution in [0.15, 0.2) is 16.5 Å². The predicted molar refractivity (Wildman–Crippen MR) is 82.1 cm³/mol. The summed E-state index contributed by atoms with van der Waals surface area (Å²) in [6.07, 6.45) is 0. The molecule has 0 amide bonds. The van der Waals surface area contributed by atoms with E-state index in [1.807, 2.05) is 6.92 Å². The zero-order valence-corrected chi connectivity index (χ0v) is 12.6. The molecule has 0 aliphatic heterocycles. The lowest BCUT2D eigenvalue weighted by Crippen LogP contribution is -1.92. The highest BCUT2D eigenvalue weighted by molar-refractivity contribution is 6.04. The van der Waals surface area contributed by atoms with Gasteiger partial charge in [0, 0.05) is 5.39 Å². The summed E-state index contributed by atoms with van der Waals surface area (Å²) in [5.41, 5.74) is 7.72. The molecule has 0 unspecified atom stereocenters. The minimum Gasteiger partial charge on any atom is -0.461 e. The van der Waals surface area contributed by atoms with Crippen LogP contribution in [0.4, 0.5) is 0 Å². The molecule has 0 bridgehead atoms. The van der Waals surface area contributed by atoms with Gasteiger partial charge in [-0.2, -0.15) is 0 Å². The Hall–Kier alpha value is -1.76. The Balaban J connectivity index is 2.62. The first kappa shape index (κ1) is 12.3. The first-order valence-electron chi connectivity index (χ1n) is 6.81. The van der Waals surface area contributed by atoms with Crippen LogP contribution in [0.2, 0.25) is 0 Å². The lowest BCUT2D eigenvalue weighted by Gasteiger charge is -2.12. The molecule has 1 aromatic heterocycles. The second-order valence-electron chi connectivity index (χ2n) is 5.70. The molecule has 0 fully saturated rings. The van der Waals surface area contributed by atoms with Crippen molar-refractivity contribution in [3.63, 3.8) is 0 Å². The van der Waals surface area contributed by atoms with Crippen LogP contribution in [0.5, 0.6) is 0 Å². The molecular formula is C18H20O. The second kappa shape index (κ2) is 3.86. The highest BCUT2D eigenvalue weighted by atomic mass is 16.3. The third-order valence-corrected chi connectivity index (χ3v) is 4.64. The Morgan fingerprint density at radius 2 is 1.37 bits per heavy atom. The molecule has 1 heteroatoms. The molecule has 1 heterocycles. The Morgan fingerprint density at radius 1 is 0.684 bits per heavy atom. The summed E-state index contributed by atoms with van der Waals surface area (Å²) < 4.78 is 6.01. The summed E-state index contributed by atoms with van der Waals surface area (Å²) in [6.45, 7) is 13.0. The van der Waals surface area contributed by atoms with Gasteiger partial charge in [-0.1, -0.05) is 6.07 Å². The van der Waals surface area contributed by atoms with E-state index < -0.39 is 0 Å². The van der Waals surface area contributed by atoms with Crippen molar-refractivity contribution in [2.24, 2.45) is 0 Å². The minimum atomic E-state index is 1.01. The number of hydrogen-bond donors (Lipinski definition) is 0. The molecule has 1 nitrogen and oxygen atoms in total. The van der Waals surface area contributed by atoms with Gasteiger partial charge in [-0.25, -0.2) is 0 Å². The Labute approximate surface area is 114 Å². The van der Waals surface area contributed by atoms with Crippen LogP contribution in [0.1, 0.15) is 33.6 Å². The zero-order valence-electron chi connectivity index (χ0n) is 12.6. The molecule has 0 spiro atoms. The SMILES string of the molecule is Cc1cc2cc3oc(C)c(C)c(C)c3c(C)c2c1C. The number of fused-ring (bicyclic) bond motifs is 2. The van der Waals surface area contributed by atoms with Crippen LogP contribution in [0, 0.1) is 41.5 Å². The van der Waals surface area contributed by atoms with Gasteiger partial charge in [-0.15, -0.1) is 0 Å². The van der Waals surface area contributed by atoms with Crippen LogP contribution in [-0.4, -0.2) is 0 Å². The molecule has 0 aliphatic rings. The zero-order chi connectivity index (χ0) is 13.9. The fourth-order valence-corrected chi connectivity index (χ4v) is 3.20. The summed E-state index contributed by atoms with van der Waals surface area (Å²) in [5, 5.41) is 3.97. The quantitative estimate of drug-likeness (QED) is 0.519. The molecule has 0 N–H and O–H groups in total. The molecule has 2 aromatic carbocycles. The first-order chi connectivity index (χ1) is 8.91. The van der Waals surface area contributed by atoms with Crippen LogP contribution >= 0.6 is 0 Å². The summed E-state index contributed by atoms with van der Waals surface area (Å²) >= 11 is 0. The maximum atomic E-state index is 6.01. The number of hydrogen-bond acceptors (Lipinski definition) is 1. The maximum absolute atomic E-state index is 6.01. The van der Waals surface area contributed by atoms with Crippen LogP contribution < -0.4 is 0 Å². The van der Waals surface area contributed by atoms with E-state index in [2.05, 4.69) is 46.8 Å². The third-order valence-electron chi connectivity index (χ3n) is 4.64. The van der Waals surface area contributed by atoms with E-state index >= 15 is 0 Å². The van der Waals surface area contributed by atoms with Gasteiger partial charge in [-0.3, -0.25) is 0 Å². The smallest absolute Gasteiger partial charge is 0.135 e. The fraction of sp³-hybridized carbons (Fsp3) is 0.333. The second-order valence-corrected chi connectivity index (χ2v) is 5.70. The number of rotatable bonds is 0. The number of benzene rings is 1. The van der Waals surface area contributed by atoms with Crippen molar-refractivity contribution in [1.82, 2.24) is 0 Å². The van der Waals surface area contributed by atoms with Crippen molar-refractivity contribution in [2.45, 2.75) is 41.5 Å². The average Bonchev–Trinajstić information content (AvgIpc) is 2.62. The molecule has 0 saturated carbocycles. The molecule has 98 valence electrons. The van der Waals surface area contributed by atoms with E-state index in [9.17, 15) is 0 Å². The van der Waals surface area contributed by atoms with Crippen molar-refractivity contribution in [1.29, 1.82) is 0 Å². The Morgan fingerprint density at radius 3 is 2.05 bits per heavy atom. The standard InChI is InChI=1S/C18H20O/c1-9-7-15-8-16-18(13(5)17(15)10(9)2)12(4)11(3)14(6)19-16/h7-8H,1-6H3. The van der Waals surface area contributed by atoms with Crippen molar-refractivity contribution < 1.29 is 4.42 Å². The van der Waals surface area contributed by atoms with E-state index in [0.717, 1.165) is 11.3 Å². The summed E-state index contributed by atoms with van der Waals surface area (Å²) in [6, 6.07) is 4.45. The highest BCUT2D eigenvalue weighted by Gasteiger charge is 2.14. The van der Waals surface area contributed by atoms with Crippen LogP contribution in [-0.2, 0) is 0 Å². The van der Waals surface area contributed by atoms with Crippen molar-refractivity contribution in [3.8, 4) is 0 Å². The average molecular weight is 252 g/mol. The largest absolute Gasteiger partial charge is 0.461 e. The van der Waals surface area contributed by atoms with E-state index in [1.54, 1.807) is 0 Å². The van der Waals surface area contributed by atoms with Gasteiger partial charge in [0.2, 0.25) is 0 Å². The van der Waals surface area contributed by atoms with Crippen LogP contribution in [0.25, 0.3) is 21.7 Å². The van der Waals surface area contributed by atoms with Gasteiger partial charge in [0.1, 0.15) is 11.3 Å². The highest BCUT2D eigenvalue weighted by Crippen LogP contribution is 2.36. The Kier molecular flexibility index (Phi) is 2.50. The molecule has 0 aliphatic carbocycles. The molecule has 3 aromatic rings. The molecule has 19 heavy (non-hydrogen) atoms. The lowest BCUT2D eigenvalue weighted by atomic mass is 9.96. The Bertz CT molecular complexity index is 819. The van der Waals surface area contributed by atoms with E-state index in [-0.39, 0.29) is 0 Å². The van der Waals surface area contributed by atoms with Crippen LogP contribution in [0.3, 0.4) is 0 Å². The van der Waals surface area contributed by atoms with Crippen molar-refractivity contribution in [3.05, 3.63) is 45.7 Å². The van der Waals surface area contributed by atoms with Gasteiger partial charge in [0.25, 0.3) is 0 Å². The van der Waals surface area contributed by atoms with Gasteiger partial charge in [-0.05, 0) is 86.2 Å². The van der Waals surface area contributed by atoms with E-state index in [1.165, 1.54) is 44.0 Å². The molecule has 3 rings (SSSR count). The number of aryl methyl sites for hydroxylation is 5. The van der Waals surface area contributed by atoms with Gasteiger partial charge in [0.05, 0.1) is 0 Å². The fourth-order valence-electron chi connectivity index (χ4n) is 3.20. The van der Waals surface area contributed by atoms with E-state index in [4.69, 9.17) is 4.42 Å². The molecular weight excluding hydrogens is 232 g/mol. The first-order valence-corrected chi connectivity index (χ1v) is 6.81. The predicted octanol–water partition coefficient (Wildman–Crippen LogP) is 5.44. The maximum Gasteiger partial charge on any atom is 0.135 e. The van der Waals surface area contributed by atoms with Crippen molar-refractivity contribution in [2.75, 3.05) is 0 Å². The monoisotopic (exact) mass is 252 g/mol. The lowest BCUT2D eigenvalue weighted by molar-refractivity contribution is 0.559. The minimum absolute atomic E-state index is 1.01. The van der Waals surface area contributed by atoms with Gasteiger partial charge < -0.3 is 4.42 Å². The van der Waals surface area contributed by atoms with E-state index in [0.29, 0.717) is 0 Å². The molecule has 0 saturated heterocycles. The third kappa shape index (κ3) is 1.54. The van der Waals surface area contributed by atoms with Gasteiger partial charge >= 0.3 is 0 Å². The molecule has 0 atom stereocenters. The summed E-state index contributed by atoms with van der Waals surface area (Å²) in [7, 11) is 0. The van der Waals surface area contributed by atoms with Crippen molar-refractivity contribution >= 4 is 21.7 Å². The summed E-state index contributed by atoms with van der Waals surface area (Å²) in [5.74, 6) is 1.02. The topological polar surface area (TPSA) is 13.1 Å². The summed E-state index contributed by atoms with van der Waals surface area (Å²) in [4.78, 5) is 0.